The summed E-state index contributed by atoms with van der Waals surface area (Å²) in [7, 11) is 1.66. The molecule has 8 nitrogen and oxygen atoms in total. The van der Waals surface area contributed by atoms with Crippen LogP contribution in [-0.4, -0.2) is 36.9 Å². The molecule has 0 bridgehead atoms. The van der Waals surface area contributed by atoms with Crippen molar-refractivity contribution in [2.24, 2.45) is 7.05 Å². The van der Waals surface area contributed by atoms with Crippen molar-refractivity contribution in [2.75, 3.05) is 5.32 Å². The lowest BCUT2D eigenvalue weighted by molar-refractivity contribution is -0.0494. The number of alkyl halides is 2. The lowest BCUT2D eigenvalue weighted by Crippen LogP contribution is -2.12. The number of carbonyl (C=O) groups is 1. The Balaban J connectivity index is 1.70. The summed E-state index contributed by atoms with van der Waals surface area (Å²) < 4.78 is 33.0. The smallest absolute Gasteiger partial charge is 0.387 e. The molecular weight excluding hydrogens is 370 g/mol. The number of aromatic nitrogens is 5. The zero-order valence-electron chi connectivity index (χ0n) is 14.6. The summed E-state index contributed by atoms with van der Waals surface area (Å²) in [6.07, 6.45) is 6.21. The Bertz CT molecular complexity index is 1150. The Labute approximate surface area is 157 Å². The van der Waals surface area contributed by atoms with E-state index in [-0.39, 0.29) is 11.3 Å². The van der Waals surface area contributed by atoms with E-state index in [4.69, 9.17) is 0 Å². The third kappa shape index (κ3) is 3.27. The molecule has 0 fully saturated rings. The highest BCUT2D eigenvalue weighted by molar-refractivity contribution is 6.09. The van der Waals surface area contributed by atoms with Crippen LogP contribution in [0, 0.1) is 0 Å². The van der Waals surface area contributed by atoms with Crippen molar-refractivity contribution in [1.82, 2.24) is 24.4 Å². The van der Waals surface area contributed by atoms with E-state index < -0.39 is 12.5 Å². The Kier molecular flexibility index (Phi) is 4.44. The summed E-state index contributed by atoms with van der Waals surface area (Å²) in [5.74, 6) is -0.487. The van der Waals surface area contributed by atoms with Crippen LogP contribution < -0.4 is 10.1 Å². The highest BCUT2D eigenvalue weighted by atomic mass is 19.3. The standard InChI is InChI=1S/C18H14F2N6O2/c1-25-10-13(15(24-25)11-5-2-3-6-14(11)28-18(19)20)23-17(27)12-9-22-26-8-4-7-21-16(12)26/h2-10,18H,1H3,(H,23,27). The Morgan fingerprint density at radius 1 is 1.25 bits per heavy atom. The number of para-hydroxylation sites is 1. The zero-order valence-corrected chi connectivity index (χ0v) is 14.6. The van der Waals surface area contributed by atoms with Crippen LogP contribution in [-0.2, 0) is 7.05 Å². The van der Waals surface area contributed by atoms with Crippen LogP contribution in [0.3, 0.4) is 0 Å². The molecule has 3 aromatic heterocycles. The minimum Gasteiger partial charge on any atom is -0.434 e. The van der Waals surface area contributed by atoms with Crippen molar-refractivity contribution in [2.45, 2.75) is 6.61 Å². The van der Waals surface area contributed by atoms with Crippen LogP contribution in [0.5, 0.6) is 5.75 Å². The summed E-state index contributed by atoms with van der Waals surface area (Å²) in [6.45, 7) is -2.98. The van der Waals surface area contributed by atoms with Crippen molar-refractivity contribution in [3.63, 3.8) is 0 Å². The van der Waals surface area contributed by atoms with Gasteiger partial charge in [0.1, 0.15) is 17.0 Å². The lowest BCUT2D eigenvalue weighted by Gasteiger charge is -2.10. The number of fused-ring (bicyclic) bond motifs is 1. The third-order valence-electron chi connectivity index (χ3n) is 3.96. The second-order valence-electron chi connectivity index (χ2n) is 5.84. The van der Waals surface area contributed by atoms with Gasteiger partial charge >= 0.3 is 6.61 Å². The molecule has 28 heavy (non-hydrogen) atoms. The largest absolute Gasteiger partial charge is 0.434 e. The summed E-state index contributed by atoms with van der Waals surface area (Å²) >= 11 is 0. The third-order valence-corrected chi connectivity index (χ3v) is 3.96. The lowest BCUT2D eigenvalue weighted by atomic mass is 10.1. The minimum atomic E-state index is -2.98. The van der Waals surface area contributed by atoms with E-state index in [0.717, 1.165) is 0 Å². The molecule has 0 aliphatic carbocycles. The van der Waals surface area contributed by atoms with Crippen molar-refractivity contribution in [1.29, 1.82) is 0 Å². The number of nitrogens with one attached hydrogen (secondary N) is 1. The maximum Gasteiger partial charge on any atom is 0.387 e. The van der Waals surface area contributed by atoms with Gasteiger partial charge in [-0.3, -0.25) is 9.48 Å². The monoisotopic (exact) mass is 384 g/mol. The highest BCUT2D eigenvalue weighted by Gasteiger charge is 2.20. The van der Waals surface area contributed by atoms with Crippen molar-refractivity contribution in [3.8, 4) is 17.0 Å². The first-order chi connectivity index (χ1) is 13.5. The fraction of sp³-hybridized carbons (Fsp3) is 0.111. The Morgan fingerprint density at radius 2 is 2.07 bits per heavy atom. The van der Waals surface area contributed by atoms with Gasteiger partial charge in [-0.15, -0.1) is 0 Å². The van der Waals surface area contributed by atoms with Crippen LogP contribution in [0.2, 0.25) is 0 Å². The van der Waals surface area contributed by atoms with Gasteiger partial charge in [0.15, 0.2) is 5.65 Å². The van der Waals surface area contributed by atoms with Gasteiger partial charge in [-0.2, -0.15) is 19.0 Å². The van der Waals surface area contributed by atoms with E-state index in [1.165, 1.54) is 21.5 Å². The molecule has 4 rings (SSSR count). The SMILES string of the molecule is Cn1cc(NC(=O)c2cnn3cccnc23)c(-c2ccccc2OC(F)F)n1. The van der Waals surface area contributed by atoms with E-state index >= 15 is 0 Å². The quantitative estimate of drug-likeness (QED) is 0.572. The number of anilines is 1. The molecular formula is C18H14F2N6O2. The van der Waals surface area contributed by atoms with Crippen LogP contribution in [0.25, 0.3) is 16.9 Å². The first-order valence-electron chi connectivity index (χ1n) is 8.20. The summed E-state index contributed by atoms with van der Waals surface area (Å²) in [5.41, 5.74) is 1.64. The molecule has 0 unspecified atom stereocenters. The van der Waals surface area contributed by atoms with Gasteiger partial charge in [0.05, 0.1) is 11.9 Å². The van der Waals surface area contributed by atoms with Crippen LogP contribution in [0.15, 0.2) is 55.1 Å². The first kappa shape index (κ1) is 17.6. The Hall–Kier alpha value is -3.82. The number of amides is 1. The zero-order chi connectivity index (χ0) is 19.7. The maximum absolute atomic E-state index is 12.8. The van der Waals surface area contributed by atoms with Crippen molar-refractivity contribution < 1.29 is 18.3 Å². The number of benzene rings is 1. The Morgan fingerprint density at radius 3 is 2.89 bits per heavy atom. The summed E-state index contributed by atoms with van der Waals surface area (Å²) in [6, 6.07) is 7.95. The van der Waals surface area contributed by atoms with E-state index in [0.29, 0.717) is 22.6 Å². The molecule has 1 amide bonds. The fourth-order valence-electron chi connectivity index (χ4n) is 2.82. The van der Waals surface area contributed by atoms with E-state index in [2.05, 4.69) is 25.2 Å². The topological polar surface area (TPSA) is 86.3 Å². The number of hydrogen-bond acceptors (Lipinski definition) is 5. The van der Waals surface area contributed by atoms with Crippen LogP contribution in [0.1, 0.15) is 10.4 Å². The normalized spacial score (nSPS) is 11.1. The molecule has 0 aliphatic rings. The summed E-state index contributed by atoms with van der Waals surface area (Å²) in [4.78, 5) is 16.9. The molecule has 0 atom stereocenters. The van der Waals surface area contributed by atoms with Gasteiger partial charge in [0, 0.05) is 31.2 Å². The molecule has 1 aromatic carbocycles. The van der Waals surface area contributed by atoms with Crippen LogP contribution >= 0.6 is 0 Å². The molecule has 0 saturated carbocycles. The molecule has 0 radical (unpaired) electrons. The van der Waals surface area contributed by atoms with Gasteiger partial charge in [-0.05, 0) is 18.2 Å². The van der Waals surface area contributed by atoms with Crippen LogP contribution in [0.4, 0.5) is 14.5 Å². The van der Waals surface area contributed by atoms with Gasteiger partial charge in [0.2, 0.25) is 0 Å². The number of aryl methyl sites for hydroxylation is 1. The number of nitrogens with zero attached hydrogens (tertiary/aromatic N) is 5. The predicted molar refractivity (Wildman–Crippen MR) is 96.2 cm³/mol. The molecule has 0 spiro atoms. The van der Waals surface area contributed by atoms with Gasteiger partial charge in [-0.1, -0.05) is 12.1 Å². The van der Waals surface area contributed by atoms with Gasteiger partial charge in [0.25, 0.3) is 5.91 Å². The molecule has 142 valence electrons. The molecule has 3 heterocycles. The molecule has 1 N–H and O–H groups in total. The second-order valence-corrected chi connectivity index (χ2v) is 5.84. The molecule has 4 aromatic rings. The predicted octanol–water partition coefficient (Wildman–Crippen LogP) is 2.98. The average Bonchev–Trinajstić information content (AvgIpc) is 3.25. The van der Waals surface area contributed by atoms with E-state index in [1.807, 2.05) is 0 Å². The number of hydrogen-bond donors (Lipinski definition) is 1. The first-order valence-corrected chi connectivity index (χ1v) is 8.20. The molecule has 10 heteroatoms. The van der Waals surface area contributed by atoms with Crippen molar-refractivity contribution >= 4 is 17.2 Å². The maximum atomic E-state index is 12.8. The van der Waals surface area contributed by atoms with Gasteiger partial charge in [-0.25, -0.2) is 9.50 Å². The number of carbonyl (C=O) groups excluding carboxylic acids is 1. The number of halogens is 2. The van der Waals surface area contributed by atoms with E-state index in [9.17, 15) is 13.6 Å². The second kappa shape index (κ2) is 7.06. The van der Waals surface area contributed by atoms with Gasteiger partial charge < -0.3 is 10.1 Å². The average molecular weight is 384 g/mol. The number of ether oxygens (including phenoxy) is 1. The van der Waals surface area contributed by atoms with E-state index in [1.54, 1.807) is 49.9 Å². The minimum absolute atomic E-state index is 0.0376. The van der Waals surface area contributed by atoms with Crippen molar-refractivity contribution in [3.05, 3.63) is 60.7 Å². The summed E-state index contributed by atoms with van der Waals surface area (Å²) in [5, 5.41) is 11.1. The highest BCUT2D eigenvalue weighted by Crippen LogP contribution is 2.34. The fourth-order valence-corrected chi connectivity index (χ4v) is 2.82. The molecule has 0 saturated heterocycles. The number of rotatable bonds is 5. The molecule has 0 aliphatic heterocycles.